The zero-order chi connectivity index (χ0) is 18.7. The van der Waals surface area contributed by atoms with Crippen LogP contribution in [-0.4, -0.2) is 53.5 Å². The van der Waals surface area contributed by atoms with Crippen molar-refractivity contribution in [2.24, 2.45) is 11.1 Å². The molecule has 0 radical (unpaired) electrons. The minimum Gasteiger partial charge on any atom is -0.364 e. The highest BCUT2D eigenvalue weighted by Crippen LogP contribution is 2.40. The maximum atomic E-state index is 11.4. The fourth-order valence-electron chi connectivity index (χ4n) is 4.52. The number of carbonyl (C=O) groups is 1. The van der Waals surface area contributed by atoms with Gasteiger partial charge < -0.3 is 15.5 Å². The van der Waals surface area contributed by atoms with Crippen LogP contribution in [0.5, 0.6) is 0 Å². The molecular formula is C21H27N5O. The largest absolute Gasteiger partial charge is 0.364 e. The van der Waals surface area contributed by atoms with Crippen molar-refractivity contribution < 1.29 is 4.79 Å². The maximum absolute atomic E-state index is 11.4. The van der Waals surface area contributed by atoms with E-state index < -0.39 is 5.91 Å². The SMILES string of the molecule is NC(=O)c1cncc(N2CCC3(CCCN(CCc4ccccc4)C3)C2)n1. The van der Waals surface area contributed by atoms with E-state index in [0.717, 1.165) is 44.8 Å². The van der Waals surface area contributed by atoms with Crippen molar-refractivity contribution >= 4 is 11.7 Å². The Bertz CT molecular complexity index is 796. The van der Waals surface area contributed by atoms with Gasteiger partial charge in [-0.2, -0.15) is 0 Å². The van der Waals surface area contributed by atoms with Crippen LogP contribution in [-0.2, 0) is 6.42 Å². The third-order valence-corrected chi connectivity index (χ3v) is 5.94. The first-order valence-electron chi connectivity index (χ1n) is 9.77. The van der Waals surface area contributed by atoms with Gasteiger partial charge in [0.15, 0.2) is 0 Å². The lowest BCUT2D eigenvalue weighted by molar-refractivity contribution is 0.0995. The summed E-state index contributed by atoms with van der Waals surface area (Å²) in [7, 11) is 0. The van der Waals surface area contributed by atoms with Crippen LogP contribution in [0.1, 0.15) is 35.3 Å². The summed E-state index contributed by atoms with van der Waals surface area (Å²) in [6, 6.07) is 10.7. The minimum atomic E-state index is -0.525. The number of nitrogens with two attached hydrogens (primary N) is 1. The standard InChI is InChI=1S/C21H27N5O/c22-20(27)18-13-23-14-19(24-18)26-12-9-21(16-26)8-4-10-25(15-21)11-7-17-5-2-1-3-6-17/h1-3,5-6,13-14H,4,7-12,15-16H2,(H2,22,27). The van der Waals surface area contributed by atoms with E-state index in [2.05, 4.69) is 50.1 Å². The van der Waals surface area contributed by atoms with E-state index in [4.69, 9.17) is 5.73 Å². The number of hydrogen-bond donors (Lipinski definition) is 1. The number of amides is 1. The highest BCUT2D eigenvalue weighted by molar-refractivity contribution is 5.90. The van der Waals surface area contributed by atoms with E-state index >= 15 is 0 Å². The van der Waals surface area contributed by atoms with Gasteiger partial charge >= 0.3 is 0 Å². The van der Waals surface area contributed by atoms with Gasteiger partial charge in [0.25, 0.3) is 5.91 Å². The number of nitrogens with zero attached hydrogens (tertiary/aromatic N) is 4. The smallest absolute Gasteiger partial charge is 0.268 e. The van der Waals surface area contributed by atoms with Gasteiger partial charge in [-0.1, -0.05) is 30.3 Å². The lowest BCUT2D eigenvalue weighted by Crippen LogP contribution is -2.45. The lowest BCUT2D eigenvalue weighted by Gasteiger charge is -2.40. The molecular weight excluding hydrogens is 338 g/mol. The molecule has 1 unspecified atom stereocenters. The van der Waals surface area contributed by atoms with E-state index in [-0.39, 0.29) is 5.69 Å². The summed E-state index contributed by atoms with van der Waals surface area (Å²) in [5.41, 5.74) is 7.31. The van der Waals surface area contributed by atoms with Crippen molar-refractivity contribution in [2.75, 3.05) is 37.6 Å². The summed E-state index contributed by atoms with van der Waals surface area (Å²) in [5, 5.41) is 0. The first-order chi connectivity index (χ1) is 13.1. The first kappa shape index (κ1) is 17.9. The Kier molecular flexibility index (Phi) is 5.07. The molecule has 2 aliphatic rings. The molecule has 1 spiro atoms. The quantitative estimate of drug-likeness (QED) is 0.878. The molecule has 2 saturated heterocycles. The Morgan fingerprint density at radius 1 is 1.11 bits per heavy atom. The minimum absolute atomic E-state index is 0.238. The van der Waals surface area contributed by atoms with Gasteiger partial charge in [0.1, 0.15) is 11.5 Å². The van der Waals surface area contributed by atoms with Crippen molar-refractivity contribution in [1.29, 1.82) is 0 Å². The number of rotatable bonds is 5. The molecule has 1 aromatic heterocycles. The Balaban J connectivity index is 1.39. The molecule has 2 aromatic rings. The molecule has 1 aromatic carbocycles. The van der Waals surface area contributed by atoms with Crippen molar-refractivity contribution in [3.63, 3.8) is 0 Å². The second-order valence-corrected chi connectivity index (χ2v) is 7.91. The van der Waals surface area contributed by atoms with Crippen LogP contribution in [0.3, 0.4) is 0 Å². The molecule has 6 heteroatoms. The number of anilines is 1. The second-order valence-electron chi connectivity index (χ2n) is 7.91. The zero-order valence-corrected chi connectivity index (χ0v) is 15.7. The molecule has 1 atom stereocenters. The molecule has 2 aliphatic heterocycles. The monoisotopic (exact) mass is 365 g/mol. The summed E-state index contributed by atoms with van der Waals surface area (Å²) in [6.07, 6.45) is 7.94. The van der Waals surface area contributed by atoms with Gasteiger partial charge in [0.05, 0.1) is 12.4 Å². The summed E-state index contributed by atoms with van der Waals surface area (Å²) in [5.74, 6) is 0.243. The highest BCUT2D eigenvalue weighted by atomic mass is 16.1. The summed E-state index contributed by atoms with van der Waals surface area (Å²) in [4.78, 5) is 24.8. The molecule has 142 valence electrons. The van der Waals surface area contributed by atoms with Crippen LogP contribution in [0.2, 0.25) is 0 Å². The van der Waals surface area contributed by atoms with Crippen LogP contribution in [0.4, 0.5) is 5.82 Å². The number of likely N-dealkylation sites (tertiary alicyclic amines) is 1. The van der Waals surface area contributed by atoms with E-state index in [1.165, 1.54) is 31.1 Å². The topological polar surface area (TPSA) is 75.4 Å². The summed E-state index contributed by atoms with van der Waals surface area (Å²) < 4.78 is 0. The molecule has 0 aliphatic carbocycles. The Hall–Kier alpha value is -2.47. The molecule has 2 fully saturated rings. The Labute approximate surface area is 160 Å². The average Bonchev–Trinajstić information content (AvgIpc) is 3.10. The van der Waals surface area contributed by atoms with Crippen LogP contribution < -0.4 is 10.6 Å². The van der Waals surface area contributed by atoms with Gasteiger partial charge in [-0.25, -0.2) is 4.98 Å². The van der Waals surface area contributed by atoms with Gasteiger partial charge in [0, 0.05) is 31.6 Å². The van der Waals surface area contributed by atoms with E-state index in [9.17, 15) is 4.79 Å². The second kappa shape index (κ2) is 7.64. The Morgan fingerprint density at radius 2 is 1.96 bits per heavy atom. The molecule has 4 rings (SSSR count). The molecule has 0 bridgehead atoms. The number of hydrogen-bond acceptors (Lipinski definition) is 5. The normalized spacial score (nSPS) is 23.0. The predicted molar refractivity (Wildman–Crippen MR) is 106 cm³/mol. The number of primary amides is 1. The zero-order valence-electron chi connectivity index (χ0n) is 15.7. The van der Waals surface area contributed by atoms with E-state index in [1.807, 2.05) is 0 Å². The van der Waals surface area contributed by atoms with E-state index in [1.54, 1.807) is 6.20 Å². The summed E-state index contributed by atoms with van der Waals surface area (Å²) >= 11 is 0. The van der Waals surface area contributed by atoms with Crippen molar-refractivity contribution in [3.8, 4) is 0 Å². The molecule has 27 heavy (non-hydrogen) atoms. The first-order valence-corrected chi connectivity index (χ1v) is 9.77. The van der Waals surface area contributed by atoms with Gasteiger partial charge in [0.2, 0.25) is 0 Å². The molecule has 2 N–H and O–H groups in total. The Morgan fingerprint density at radius 3 is 2.78 bits per heavy atom. The highest BCUT2D eigenvalue weighted by Gasteiger charge is 2.41. The molecule has 1 amide bonds. The third-order valence-electron chi connectivity index (χ3n) is 5.94. The van der Waals surface area contributed by atoms with Crippen molar-refractivity contribution in [2.45, 2.75) is 25.7 Å². The fourth-order valence-corrected chi connectivity index (χ4v) is 4.52. The average molecular weight is 365 g/mol. The van der Waals surface area contributed by atoms with Crippen LogP contribution in [0, 0.1) is 5.41 Å². The van der Waals surface area contributed by atoms with Crippen LogP contribution in [0.25, 0.3) is 0 Å². The number of benzene rings is 1. The molecule has 0 saturated carbocycles. The van der Waals surface area contributed by atoms with Crippen molar-refractivity contribution in [1.82, 2.24) is 14.9 Å². The number of piperidine rings is 1. The maximum Gasteiger partial charge on any atom is 0.268 e. The van der Waals surface area contributed by atoms with Gasteiger partial charge in [-0.15, -0.1) is 0 Å². The molecule has 6 nitrogen and oxygen atoms in total. The molecule has 3 heterocycles. The van der Waals surface area contributed by atoms with E-state index in [0.29, 0.717) is 5.41 Å². The van der Waals surface area contributed by atoms with Crippen LogP contribution >= 0.6 is 0 Å². The predicted octanol–water partition coefficient (Wildman–Crippen LogP) is 2.11. The third kappa shape index (κ3) is 4.11. The van der Waals surface area contributed by atoms with Crippen molar-refractivity contribution in [3.05, 3.63) is 54.0 Å². The van der Waals surface area contributed by atoms with Gasteiger partial charge in [-0.05, 0) is 37.8 Å². The van der Waals surface area contributed by atoms with Gasteiger partial charge in [-0.3, -0.25) is 9.78 Å². The number of carbonyl (C=O) groups excluding carboxylic acids is 1. The van der Waals surface area contributed by atoms with Crippen LogP contribution in [0.15, 0.2) is 42.7 Å². The number of aromatic nitrogens is 2. The summed E-state index contributed by atoms with van der Waals surface area (Å²) in [6.45, 7) is 5.38. The fraction of sp³-hybridized carbons (Fsp3) is 0.476. The lowest BCUT2D eigenvalue weighted by atomic mass is 9.79.